The average molecular weight is 1100 g/mol. The summed E-state index contributed by atoms with van der Waals surface area (Å²) in [6, 6.07) is 15.1. The maximum Gasteiger partial charge on any atom is 0.340 e. The summed E-state index contributed by atoms with van der Waals surface area (Å²) in [4.78, 5) is 60.1. The van der Waals surface area contributed by atoms with Gasteiger partial charge in [-0.3, -0.25) is 9.59 Å². The largest absolute Gasteiger partial charge is 0.481 e. The fraction of sp³-hybridized carbons (Fsp3) is 0.541. The van der Waals surface area contributed by atoms with Crippen LogP contribution >= 0.6 is 21.6 Å². The molecule has 0 radical (unpaired) electrons. The number of benzene rings is 2. The molecule has 15 nitrogen and oxygen atoms in total. The Labute approximate surface area is 463 Å². The zero-order valence-electron chi connectivity index (χ0n) is 44.8. The van der Waals surface area contributed by atoms with Crippen LogP contribution < -0.4 is 26.7 Å². The van der Waals surface area contributed by atoms with Gasteiger partial charge in [-0.1, -0.05) is 95.0 Å². The molecule has 5 heterocycles. The molecule has 78 heavy (non-hydrogen) atoms. The Morgan fingerprint density at radius 2 is 1.87 bits per heavy atom. The van der Waals surface area contributed by atoms with Crippen molar-refractivity contribution >= 4 is 50.2 Å². The lowest BCUT2D eigenvalue weighted by molar-refractivity contribution is -0.202. The smallest absolute Gasteiger partial charge is 0.340 e. The number of carbonyl (C=O) groups is 3. The number of nitrogens with zero attached hydrogens (tertiary/aromatic N) is 1. The highest BCUT2D eigenvalue weighted by Gasteiger charge is 2.68. The molecule has 2 aromatic carbocycles. The topological polar surface area (TPSA) is 234 Å². The number of esters is 1. The number of aliphatic hydroxyl groups is 4. The van der Waals surface area contributed by atoms with Gasteiger partial charge < -0.3 is 55.6 Å². The second-order valence-electron chi connectivity index (χ2n) is 23.2. The van der Waals surface area contributed by atoms with Crippen molar-refractivity contribution in [2.45, 2.75) is 137 Å². The summed E-state index contributed by atoms with van der Waals surface area (Å²) in [6.45, 7) is 2.90. The van der Waals surface area contributed by atoms with Gasteiger partial charge in [-0.2, -0.15) is 0 Å². The number of amides is 1. The number of ketones is 1. The fourth-order valence-corrected chi connectivity index (χ4v) is 18.5. The number of nitrogens with two attached hydrogens (primary N) is 1. The molecule has 1 aromatic heterocycles. The number of dihydropyridines is 1. The number of fused-ring (bicyclic) bond motifs is 7. The Morgan fingerprint density at radius 1 is 1.08 bits per heavy atom. The first kappa shape index (κ1) is 54.8. The van der Waals surface area contributed by atoms with Crippen LogP contribution in [0.15, 0.2) is 116 Å². The predicted octanol–water partition coefficient (Wildman–Crippen LogP) is 6.25. The van der Waals surface area contributed by atoms with E-state index in [-0.39, 0.29) is 97.4 Å². The van der Waals surface area contributed by atoms with Crippen LogP contribution in [0.1, 0.15) is 94.7 Å². The van der Waals surface area contributed by atoms with E-state index >= 15 is 4.79 Å². The van der Waals surface area contributed by atoms with Crippen molar-refractivity contribution in [3.05, 3.63) is 134 Å². The van der Waals surface area contributed by atoms with Gasteiger partial charge in [-0.05, 0) is 112 Å². The number of rotatable bonds is 14. The molecule has 1 saturated heterocycles. The lowest BCUT2D eigenvalue weighted by Crippen LogP contribution is -2.75. The van der Waals surface area contributed by atoms with Crippen molar-refractivity contribution in [3.63, 3.8) is 0 Å². The van der Waals surface area contributed by atoms with E-state index in [1.165, 1.54) is 0 Å². The molecule has 0 unspecified atom stereocenters. The molecule has 2 saturated carbocycles. The lowest BCUT2D eigenvalue weighted by atomic mass is 9.57. The number of ether oxygens (including phenoxy) is 2. The number of nitrogens with one attached hydrogen (secondary N) is 2. The number of hydrogen-bond acceptors (Lipinski definition) is 16. The molecule has 8 N–H and O–H groups in total. The van der Waals surface area contributed by atoms with Gasteiger partial charge in [0, 0.05) is 95.4 Å². The van der Waals surface area contributed by atoms with Crippen molar-refractivity contribution in [1.82, 2.24) is 15.5 Å². The second-order valence-corrected chi connectivity index (χ2v) is 25.8. The highest BCUT2D eigenvalue weighted by Crippen LogP contribution is 2.60. The summed E-state index contributed by atoms with van der Waals surface area (Å²) in [6.07, 6.45) is 14.9. The van der Waals surface area contributed by atoms with Gasteiger partial charge >= 0.3 is 11.6 Å². The molecule has 4 aliphatic heterocycles. The summed E-state index contributed by atoms with van der Waals surface area (Å²) in [5, 5.41) is 51.5. The van der Waals surface area contributed by atoms with E-state index in [2.05, 4.69) is 10.6 Å². The predicted molar refractivity (Wildman–Crippen MR) is 301 cm³/mol. The minimum Gasteiger partial charge on any atom is -0.481 e. The van der Waals surface area contributed by atoms with E-state index in [9.17, 15) is 34.8 Å². The molecule has 3 aromatic rings. The zero-order chi connectivity index (χ0) is 54.7. The molecule has 11 rings (SSSR count). The third-order valence-corrected chi connectivity index (χ3v) is 22.1. The van der Waals surface area contributed by atoms with Crippen LogP contribution in [0.2, 0.25) is 0 Å². The number of carbonyl (C=O) groups excluding carboxylic acids is 3. The van der Waals surface area contributed by atoms with E-state index in [1.54, 1.807) is 53.7 Å². The molecule has 1 spiro atoms. The van der Waals surface area contributed by atoms with Crippen LogP contribution in [-0.2, 0) is 37.4 Å². The van der Waals surface area contributed by atoms with Gasteiger partial charge in [0.2, 0.25) is 5.91 Å². The van der Waals surface area contributed by atoms with Crippen molar-refractivity contribution in [2.24, 2.45) is 35.3 Å². The molecular weight excluding hydrogens is 1030 g/mol. The van der Waals surface area contributed by atoms with Crippen LogP contribution in [-0.4, -0.2) is 123 Å². The van der Waals surface area contributed by atoms with E-state index in [4.69, 9.17) is 19.6 Å². The van der Waals surface area contributed by atoms with Crippen molar-refractivity contribution < 1.29 is 48.7 Å². The van der Waals surface area contributed by atoms with Gasteiger partial charge in [0.1, 0.15) is 11.3 Å². The monoisotopic (exact) mass is 1100 g/mol. The zero-order valence-corrected chi connectivity index (χ0v) is 46.4. The SMILES string of the molecule is C/C=C(\CCO)C(=O)O[C@]1(C)[C@@H](CO)C=C2CSS[C@H]3C[C@@H]4C(=O)C=C[C@H]5[C@@H]([C@@H]4NC)[C@@H]3N5C(=O)CC3=C(C=C(N)NC3)[C@H]2[C@]12Cc1cc3cc(C4([C@H](CO)CC[C@H](O)Cc5ccccc5)CCCCC4)c(=O)oc3cc1O2. The Morgan fingerprint density at radius 3 is 2.60 bits per heavy atom. The van der Waals surface area contributed by atoms with E-state index in [0.29, 0.717) is 72.4 Å². The molecule has 2 bridgehead atoms. The van der Waals surface area contributed by atoms with Crippen molar-refractivity contribution in [3.8, 4) is 5.75 Å². The maximum absolute atomic E-state index is 15.2. The van der Waals surface area contributed by atoms with Gasteiger partial charge in [-0.15, -0.1) is 0 Å². The first-order valence-corrected chi connectivity index (χ1v) is 30.4. The van der Waals surface area contributed by atoms with Gasteiger partial charge in [-0.25, -0.2) is 9.59 Å². The highest BCUT2D eigenvalue weighted by molar-refractivity contribution is 8.77. The fourth-order valence-electron chi connectivity index (χ4n) is 15.4. The number of hydrogen-bond donors (Lipinski definition) is 7. The van der Waals surface area contributed by atoms with Gasteiger partial charge in [0.05, 0.1) is 43.0 Å². The first-order valence-electron chi connectivity index (χ1n) is 28.1. The minimum atomic E-state index is -1.62. The third-order valence-electron chi connectivity index (χ3n) is 19.3. The molecule has 12 atom stereocenters. The van der Waals surface area contributed by atoms with E-state index in [0.717, 1.165) is 47.1 Å². The van der Waals surface area contributed by atoms with Crippen LogP contribution in [0, 0.1) is 29.6 Å². The normalized spacial score (nSPS) is 31.9. The molecule has 1 amide bonds. The molecular formula is C61H74N4O11S2. The Hall–Kier alpha value is -5.14. The Bertz CT molecular complexity index is 3060. The summed E-state index contributed by atoms with van der Waals surface area (Å²) in [7, 11) is 5.24. The van der Waals surface area contributed by atoms with Gasteiger partial charge in [0.25, 0.3) is 0 Å². The van der Waals surface area contributed by atoms with Crippen LogP contribution in [0.25, 0.3) is 11.0 Å². The molecule has 4 aliphatic carbocycles. The number of allylic oxidation sites excluding steroid dienone is 3. The van der Waals surface area contributed by atoms with Crippen LogP contribution in [0.5, 0.6) is 5.75 Å². The van der Waals surface area contributed by atoms with E-state index in [1.807, 2.05) is 72.6 Å². The number of aliphatic hydroxyl groups excluding tert-OH is 4. The quantitative estimate of drug-likeness (QED) is 0.0311. The third kappa shape index (κ3) is 9.30. The highest BCUT2D eigenvalue weighted by atomic mass is 33.1. The van der Waals surface area contributed by atoms with Crippen molar-refractivity contribution in [1.29, 1.82) is 0 Å². The van der Waals surface area contributed by atoms with Gasteiger partial charge in [0.15, 0.2) is 17.0 Å². The first-order chi connectivity index (χ1) is 37.7. The summed E-state index contributed by atoms with van der Waals surface area (Å²) >= 11 is 0. The van der Waals surface area contributed by atoms with Crippen LogP contribution in [0.4, 0.5) is 0 Å². The van der Waals surface area contributed by atoms with Crippen molar-refractivity contribution in [2.75, 3.05) is 39.2 Å². The maximum atomic E-state index is 15.2. The second kappa shape index (κ2) is 22.1. The lowest BCUT2D eigenvalue weighted by Gasteiger charge is -2.62. The summed E-state index contributed by atoms with van der Waals surface area (Å²) < 4.78 is 20.7. The minimum absolute atomic E-state index is 0.0398. The summed E-state index contributed by atoms with van der Waals surface area (Å²) in [5.41, 5.74) is 7.69. The molecule has 17 heteroatoms. The molecule has 8 aliphatic rings. The molecule has 416 valence electrons. The molecule has 3 fully saturated rings. The standard InChI is InChI=1S/C61H74N4O11S2/c1-4-35(17-20-66)57(72)76-59(2)41(32-68)23-39-33-77-78-50-26-44-47(70)16-15-46-53(55(44)63-3)56(50)65(46)52(71)25-38-30-64-51(62)27-43(38)54(39)61(59)29-37-22-36-24-45(58(73)74-48(36)28-49(37)75-61)60(18-9-6-10-19-60)40(31-67)13-14-42(69)21-34-11-7-5-8-12-34/h4-5,7-8,11-12,15-16,22-24,27-28,40-42,44,46,50,53-56,63-64,66-69H,6,9-10,13-14,17-21,25-26,29-33,62H2,1-3H3/b35-4+/t40-,41+,42-,44+,46-,50-,53-,54-,55+,56+,59+,61+/m0/s1. The summed E-state index contributed by atoms with van der Waals surface area (Å²) in [5.74, 6) is -1.42. The Kier molecular flexibility index (Phi) is 15.5. The van der Waals surface area contributed by atoms with Crippen LogP contribution in [0.3, 0.4) is 0 Å². The Balaban J connectivity index is 1.03. The average Bonchev–Trinajstić information content (AvgIpc) is 3.62. The van der Waals surface area contributed by atoms with E-state index < -0.39 is 52.8 Å².